The molecule has 7 nitrogen and oxygen atoms in total. The SMILES string of the molecule is COc1ccc2c(c1)OCC(C(=O)NCc1nc(Cc3cccs3)no1)C2. The van der Waals surface area contributed by atoms with Crippen LogP contribution >= 0.6 is 11.3 Å². The van der Waals surface area contributed by atoms with Crippen LogP contribution in [0.25, 0.3) is 0 Å². The fourth-order valence-corrected chi connectivity index (χ4v) is 3.66. The molecule has 1 aliphatic heterocycles. The Balaban J connectivity index is 1.31. The van der Waals surface area contributed by atoms with Crippen molar-refractivity contribution >= 4 is 17.2 Å². The largest absolute Gasteiger partial charge is 0.497 e. The Morgan fingerprint density at radius 2 is 2.33 bits per heavy atom. The molecule has 4 rings (SSSR count). The lowest BCUT2D eigenvalue weighted by Gasteiger charge is -2.24. The zero-order valence-electron chi connectivity index (χ0n) is 14.8. The maximum atomic E-state index is 12.5. The quantitative estimate of drug-likeness (QED) is 0.702. The first-order chi connectivity index (χ1) is 13.2. The molecule has 0 spiro atoms. The van der Waals surface area contributed by atoms with Crippen LogP contribution in [0.2, 0.25) is 0 Å². The fraction of sp³-hybridized carbons (Fsp3) is 0.316. The van der Waals surface area contributed by atoms with Crippen molar-refractivity contribution in [2.45, 2.75) is 19.4 Å². The van der Waals surface area contributed by atoms with Crippen LogP contribution in [0, 0.1) is 5.92 Å². The highest BCUT2D eigenvalue weighted by atomic mass is 32.1. The maximum Gasteiger partial charge on any atom is 0.246 e. The molecule has 0 bridgehead atoms. The van der Waals surface area contributed by atoms with Crippen LogP contribution in [-0.4, -0.2) is 29.8 Å². The molecule has 1 aliphatic rings. The maximum absolute atomic E-state index is 12.5. The molecule has 0 saturated carbocycles. The molecule has 8 heteroatoms. The Kier molecular flexibility index (Phi) is 5.06. The molecular weight excluding hydrogens is 366 g/mol. The predicted molar refractivity (Wildman–Crippen MR) is 99.0 cm³/mol. The second kappa shape index (κ2) is 7.79. The summed E-state index contributed by atoms with van der Waals surface area (Å²) in [6.07, 6.45) is 1.25. The number of carbonyl (C=O) groups is 1. The van der Waals surface area contributed by atoms with Crippen LogP contribution in [-0.2, 0) is 24.2 Å². The first-order valence-corrected chi connectivity index (χ1v) is 9.50. The van der Waals surface area contributed by atoms with Gasteiger partial charge in [-0.2, -0.15) is 4.98 Å². The molecule has 1 atom stereocenters. The van der Waals surface area contributed by atoms with Gasteiger partial charge >= 0.3 is 0 Å². The molecule has 1 N–H and O–H groups in total. The van der Waals surface area contributed by atoms with E-state index >= 15 is 0 Å². The molecule has 3 heterocycles. The number of thiophene rings is 1. The molecule has 3 aromatic rings. The van der Waals surface area contributed by atoms with Crippen LogP contribution in [0.4, 0.5) is 0 Å². The molecular formula is C19H19N3O4S. The number of nitrogens with one attached hydrogen (secondary N) is 1. The smallest absolute Gasteiger partial charge is 0.246 e. The number of amides is 1. The van der Waals surface area contributed by atoms with Gasteiger partial charge in [-0.1, -0.05) is 17.3 Å². The first-order valence-electron chi connectivity index (χ1n) is 8.62. The third kappa shape index (κ3) is 4.11. The van der Waals surface area contributed by atoms with Crippen LogP contribution in [0.1, 0.15) is 22.2 Å². The monoisotopic (exact) mass is 385 g/mol. The van der Waals surface area contributed by atoms with Gasteiger partial charge in [0, 0.05) is 17.4 Å². The standard InChI is InChI=1S/C19H19N3O4S/c1-24-14-5-4-12-7-13(11-25-16(12)8-14)19(23)20-10-18-21-17(22-26-18)9-15-3-2-6-27-15/h2-6,8,13H,7,9-11H2,1H3,(H,20,23). The molecule has 27 heavy (non-hydrogen) atoms. The highest BCUT2D eigenvalue weighted by molar-refractivity contribution is 7.09. The van der Waals surface area contributed by atoms with Crippen molar-refractivity contribution in [3.63, 3.8) is 0 Å². The summed E-state index contributed by atoms with van der Waals surface area (Å²) in [7, 11) is 1.62. The zero-order chi connectivity index (χ0) is 18.6. The van der Waals surface area contributed by atoms with Crippen molar-refractivity contribution in [2.24, 2.45) is 5.92 Å². The number of rotatable bonds is 6. The van der Waals surface area contributed by atoms with Crippen molar-refractivity contribution in [3.8, 4) is 11.5 Å². The van der Waals surface area contributed by atoms with Crippen molar-refractivity contribution in [3.05, 3.63) is 57.9 Å². The molecule has 140 valence electrons. The van der Waals surface area contributed by atoms with E-state index in [9.17, 15) is 4.79 Å². The van der Waals surface area contributed by atoms with Gasteiger partial charge in [-0.05, 0) is 29.5 Å². The summed E-state index contributed by atoms with van der Waals surface area (Å²) in [5, 5.41) is 8.83. The minimum atomic E-state index is -0.251. The number of ether oxygens (including phenoxy) is 2. The Labute approximate surface area is 160 Å². The Bertz CT molecular complexity index is 923. The summed E-state index contributed by atoms with van der Waals surface area (Å²) in [6.45, 7) is 0.543. The Morgan fingerprint density at radius 1 is 1.41 bits per heavy atom. The number of fused-ring (bicyclic) bond motifs is 1. The molecule has 2 aromatic heterocycles. The van der Waals surface area contributed by atoms with Crippen LogP contribution in [0.3, 0.4) is 0 Å². The van der Waals surface area contributed by atoms with E-state index in [1.807, 2.05) is 35.7 Å². The number of carbonyl (C=O) groups excluding carboxylic acids is 1. The lowest BCUT2D eigenvalue weighted by atomic mass is 9.96. The lowest BCUT2D eigenvalue weighted by molar-refractivity contribution is -0.126. The first kappa shape index (κ1) is 17.5. The molecule has 0 radical (unpaired) electrons. The Morgan fingerprint density at radius 3 is 3.15 bits per heavy atom. The van der Waals surface area contributed by atoms with Gasteiger partial charge in [0.2, 0.25) is 11.8 Å². The molecule has 0 aliphatic carbocycles. The molecule has 0 fully saturated rings. The van der Waals surface area contributed by atoms with E-state index in [-0.39, 0.29) is 18.4 Å². The minimum Gasteiger partial charge on any atom is -0.497 e. The average molecular weight is 385 g/mol. The predicted octanol–water partition coefficient (Wildman–Crippen LogP) is 2.60. The number of benzene rings is 1. The van der Waals surface area contributed by atoms with Crippen molar-refractivity contribution < 1.29 is 18.8 Å². The van der Waals surface area contributed by atoms with Crippen molar-refractivity contribution in [1.29, 1.82) is 0 Å². The fourth-order valence-electron chi connectivity index (χ4n) is 2.96. The van der Waals surface area contributed by atoms with Crippen molar-refractivity contribution in [2.75, 3.05) is 13.7 Å². The molecule has 1 amide bonds. The summed E-state index contributed by atoms with van der Waals surface area (Å²) in [4.78, 5) is 18.0. The van der Waals surface area contributed by atoms with Gasteiger partial charge in [-0.25, -0.2) is 0 Å². The van der Waals surface area contributed by atoms with E-state index in [1.54, 1.807) is 18.4 Å². The summed E-state index contributed by atoms with van der Waals surface area (Å²) < 4.78 is 16.1. The highest BCUT2D eigenvalue weighted by Gasteiger charge is 2.26. The molecule has 1 aromatic carbocycles. The second-order valence-electron chi connectivity index (χ2n) is 6.26. The van der Waals surface area contributed by atoms with Gasteiger partial charge in [0.05, 0.1) is 19.6 Å². The van der Waals surface area contributed by atoms with E-state index in [2.05, 4.69) is 15.5 Å². The average Bonchev–Trinajstić information content (AvgIpc) is 3.37. The normalized spacial score (nSPS) is 15.7. The number of hydrogen-bond acceptors (Lipinski definition) is 7. The van der Waals surface area contributed by atoms with Crippen LogP contribution in [0.15, 0.2) is 40.2 Å². The van der Waals surface area contributed by atoms with E-state index in [0.29, 0.717) is 31.2 Å². The van der Waals surface area contributed by atoms with Crippen molar-refractivity contribution in [1.82, 2.24) is 15.5 Å². The topological polar surface area (TPSA) is 86.5 Å². The summed E-state index contributed by atoms with van der Waals surface area (Å²) >= 11 is 1.65. The number of nitrogens with zero attached hydrogens (tertiary/aromatic N) is 2. The molecule has 0 saturated heterocycles. The summed E-state index contributed by atoms with van der Waals surface area (Å²) in [6, 6.07) is 9.66. The highest BCUT2D eigenvalue weighted by Crippen LogP contribution is 2.31. The third-order valence-electron chi connectivity index (χ3n) is 4.39. The van der Waals surface area contributed by atoms with E-state index in [0.717, 1.165) is 17.1 Å². The van der Waals surface area contributed by atoms with E-state index in [1.165, 1.54) is 4.88 Å². The van der Waals surface area contributed by atoms with E-state index < -0.39 is 0 Å². The number of hydrogen-bond donors (Lipinski definition) is 1. The zero-order valence-corrected chi connectivity index (χ0v) is 15.6. The molecule has 1 unspecified atom stereocenters. The lowest BCUT2D eigenvalue weighted by Crippen LogP contribution is -2.37. The van der Waals surface area contributed by atoms with Gasteiger partial charge in [0.15, 0.2) is 5.82 Å². The van der Waals surface area contributed by atoms with E-state index in [4.69, 9.17) is 14.0 Å². The van der Waals surface area contributed by atoms with Gasteiger partial charge in [-0.3, -0.25) is 4.79 Å². The number of methoxy groups -OCH3 is 1. The van der Waals surface area contributed by atoms with Gasteiger partial charge in [0.1, 0.15) is 18.1 Å². The van der Waals surface area contributed by atoms with Crippen LogP contribution in [0.5, 0.6) is 11.5 Å². The second-order valence-corrected chi connectivity index (χ2v) is 7.30. The Hall–Kier alpha value is -2.87. The minimum absolute atomic E-state index is 0.0884. The summed E-state index contributed by atoms with van der Waals surface area (Å²) in [5.41, 5.74) is 0.998. The van der Waals surface area contributed by atoms with Gasteiger partial charge < -0.3 is 19.3 Å². The number of aromatic nitrogens is 2. The van der Waals surface area contributed by atoms with Gasteiger partial charge in [-0.15, -0.1) is 11.3 Å². The van der Waals surface area contributed by atoms with Crippen LogP contribution < -0.4 is 14.8 Å². The van der Waals surface area contributed by atoms with Gasteiger partial charge in [0.25, 0.3) is 0 Å². The summed E-state index contributed by atoms with van der Waals surface area (Å²) in [5.74, 6) is 2.19. The third-order valence-corrected chi connectivity index (χ3v) is 5.26.